The van der Waals surface area contributed by atoms with Crippen molar-refractivity contribution < 1.29 is 0 Å². The third-order valence-electron chi connectivity index (χ3n) is 2.72. The molecule has 1 atom stereocenters. The van der Waals surface area contributed by atoms with Crippen molar-refractivity contribution in [3.63, 3.8) is 0 Å². The van der Waals surface area contributed by atoms with Crippen LogP contribution in [-0.2, 0) is 6.54 Å². The summed E-state index contributed by atoms with van der Waals surface area (Å²) in [6, 6.07) is 5.96. The van der Waals surface area contributed by atoms with Crippen LogP contribution in [0.25, 0.3) is 0 Å². The van der Waals surface area contributed by atoms with Crippen LogP contribution in [0.5, 0.6) is 0 Å². The molecule has 16 heavy (non-hydrogen) atoms. The van der Waals surface area contributed by atoms with Crippen molar-refractivity contribution in [3.8, 4) is 0 Å². The molecule has 0 radical (unpaired) electrons. The maximum Gasteiger partial charge on any atom is 0.0465 e. The van der Waals surface area contributed by atoms with Gasteiger partial charge in [0.2, 0.25) is 0 Å². The average Bonchev–Trinajstić information content (AvgIpc) is 2.56. The molecule has 0 spiro atoms. The van der Waals surface area contributed by atoms with Crippen molar-refractivity contribution in [2.24, 2.45) is 5.73 Å². The number of benzene rings is 1. The summed E-state index contributed by atoms with van der Waals surface area (Å²) in [6.45, 7) is 2.88. The van der Waals surface area contributed by atoms with E-state index in [4.69, 9.17) is 28.9 Å². The van der Waals surface area contributed by atoms with E-state index >= 15 is 0 Å². The number of halogens is 3. The quantitative estimate of drug-likeness (QED) is 0.903. The number of rotatable bonds is 2. The molecular formula is C11H15Cl3N2. The van der Waals surface area contributed by atoms with Crippen LogP contribution in [0.4, 0.5) is 0 Å². The molecule has 1 aliphatic heterocycles. The van der Waals surface area contributed by atoms with Gasteiger partial charge in [-0.15, -0.1) is 12.4 Å². The minimum atomic E-state index is 0. The van der Waals surface area contributed by atoms with Crippen LogP contribution in [0, 0.1) is 0 Å². The lowest BCUT2D eigenvalue weighted by Crippen LogP contribution is -2.26. The predicted octanol–water partition coefficient (Wildman–Crippen LogP) is 2.95. The summed E-state index contributed by atoms with van der Waals surface area (Å²) >= 11 is 11.9. The van der Waals surface area contributed by atoms with E-state index < -0.39 is 0 Å². The molecule has 1 aliphatic rings. The summed E-state index contributed by atoms with van der Waals surface area (Å²) in [5.74, 6) is 0. The van der Waals surface area contributed by atoms with E-state index in [1.54, 1.807) is 6.07 Å². The summed E-state index contributed by atoms with van der Waals surface area (Å²) in [5.41, 5.74) is 6.97. The van der Waals surface area contributed by atoms with Gasteiger partial charge in [-0.25, -0.2) is 0 Å². The number of likely N-dealkylation sites (tertiary alicyclic amines) is 1. The zero-order chi connectivity index (χ0) is 10.8. The van der Waals surface area contributed by atoms with Gasteiger partial charge in [-0.2, -0.15) is 0 Å². The maximum absolute atomic E-state index is 6.10. The lowest BCUT2D eigenvalue weighted by atomic mass is 10.2. The summed E-state index contributed by atoms with van der Waals surface area (Å²) in [6.07, 6.45) is 1.07. The maximum atomic E-state index is 6.10. The summed E-state index contributed by atoms with van der Waals surface area (Å²) in [7, 11) is 0. The second-order valence-corrected chi connectivity index (χ2v) is 4.86. The Morgan fingerprint density at radius 1 is 1.38 bits per heavy atom. The molecule has 1 heterocycles. The normalized spacial score (nSPS) is 20.8. The standard InChI is InChI=1S/C11H14Cl2N2.ClH/c12-9-2-1-8(11(13)5-9)6-15-4-3-10(14)7-15;/h1-2,5,10H,3-4,6-7,14H2;1H/t10-;/m0./s1. The number of hydrogen-bond acceptors (Lipinski definition) is 2. The van der Waals surface area contributed by atoms with Crippen LogP contribution >= 0.6 is 35.6 Å². The van der Waals surface area contributed by atoms with Crippen molar-refractivity contribution in [2.45, 2.75) is 19.0 Å². The molecule has 90 valence electrons. The molecule has 1 saturated heterocycles. The number of hydrogen-bond donors (Lipinski definition) is 1. The van der Waals surface area contributed by atoms with Gasteiger partial charge in [0.05, 0.1) is 0 Å². The first-order valence-electron chi connectivity index (χ1n) is 5.07. The lowest BCUT2D eigenvalue weighted by Gasteiger charge is -2.16. The van der Waals surface area contributed by atoms with Crippen molar-refractivity contribution in [1.82, 2.24) is 4.90 Å². The molecule has 2 rings (SSSR count). The van der Waals surface area contributed by atoms with E-state index in [0.29, 0.717) is 11.1 Å². The molecule has 5 heteroatoms. The third-order valence-corrected chi connectivity index (χ3v) is 3.30. The van der Waals surface area contributed by atoms with Gasteiger partial charge < -0.3 is 5.73 Å². The smallest absolute Gasteiger partial charge is 0.0465 e. The van der Waals surface area contributed by atoms with E-state index in [1.165, 1.54) is 0 Å². The van der Waals surface area contributed by atoms with E-state index in [9.17, 15) is 0 Å². The second-order valence-electron chi connectivity index (χ2n) is 4.02. The zero-order valence-electron chi connectivity index (χ0n) is 8.83. The molecule has 2 nitrogen and oxygen atoms in total. The average molecular weight is 282 g/mol. The van der Waals surface area contributed by atoms with Gasteiger partial charge >= 0.3 is 0 Å². The molecule has 0 bridgehead atoms. The topological polar surface area (TPSA) is 29.3 Å². The highest BCUT2D eigenvalue weighted by Gasteiger charge is 2.19. The number of nitrogens with zero attached hydrogens (tertiary/aromatic N) is 1. The van der Waals surface area contributed by atoms with Crippen LogP contribution in [-0.4, -0.2) is 24.0 Å². The molecule has 0 amide bonds. The molecule has 2 N–H and O–H groups in total. The largest absolute Gasteiger partial charge is 0.326 e. The SMILES string of the molecule is Cl.N[C@H]1CCN(Cc2ccc(Cl)cc2Cl)C1. The van der Waals surface area contributed by atoms with Crippen LogP contribution in [0.3, 0.4) is 0 Å². The van der Waals surface area contributed by atoms with Gasteiger partial charge in [0.15, 0.2) is 0 Å². The molecule has 0 aliphatic carbocycles. The molecule has 1 fully saturated rings. The van der Waals surface area contributed by atoms with Gasteiger partial charge in [0.25, 0.3) is 0 Å². The first kappa shape index (κ1) is 14.1. The van der Waals surface area contributed by atoms with E-state index in [-0.39, 0.29) is 12.4 Å². The Hall–Kier alpha value is 0.01000. The molecule has 1 aromatic rings. The van der Waals surface area contributed by atoms with Crippen molar-refractivity contribution in [2.75, 3.05) is 13.1 Å². The fourth-order valence-corrected chi connectivity index (χ4v) is 2.37. The summed E-state index contributed by atoms with van der Waals surface area (Å²) in [4.78, 5) is 2.32. The Kier molecular flexibility index (Phi) is 5.35. The van der Waals surface area contributed by atoms with E-state index in [1.807, 2.05) is 12.1 Å². The molecule has 1 aromatic carbocycles. The number of nitrogens with two attached hydrogens (primary N) is 1. The Morgan fingerprint density at radius 2 is 2.12 bits per heavy atom. The molecule has 0 unspecified atom stereocenters. The highest BCUT2D eigenvalue weighted by atomic mass is 35.5. The molecular weight excluding hydrogens is 266 g/mol. The van der Waals surface area contributed by atoms with Crippen LogP contribution in [0.1, 0.15) is 12.0 Å². The minimum Gasteiger partial charge on any atom is -0.326 e. The van der Waals surface area contributed by atoms with Gasteiger partial charge in [0.1, 0.15) is 0 Å². The lowest BCUT2D eigenvalue weighted by molar-refractivity contribution is 0.327. The van der Waals surface area contributed by atoms with E-state index in [2.05, 4.69) is 4.90 Å². The summed E-state index contributed by atoms with van der Waals surface area (Å²) in [5, 5.41) is 1.42. The fourth-order valence-electron chi connectivity index (χ4n) is 1.90. The van der Waals surface area contributed by atoms with Crippen LogP contribution in [0.15, 0.2) is 18.2 Å². The Balaban J connectivity index is 0.00000128. The third kappa shape index (κ3) is 3.51. The highest BCUT2D eigenvalue weighted by molar-refractivity contribution is 6.35. The summed E-state index contributed by atoms with van der Waals surface area (Å²) < 4.78 is 0. The van der Waals surface area contributed by atoms with Crippen molar-refractivity contribution >= 4 is 35.6 Å². The first-order valence-corrected chi connectivity index (χ1v) is 5.82. The van der Waals surface area contributed by atoms with E-state index in [0.717, 1.165) is 36.6 Å². The van der Waals surface area contributed by atoms with Crippen LogP contribution in [0.2, 0.25) is 10.0 Å². The minimum absolute atomic E-state index is 0. The van der Waals surface area contributed by atoms with Crippen molar-refractivity contribution in [3.05, 3.63) is 33.8 Å². The van der Waals surface area contributed by atoms with Gasteiger partial charge in [0, 0.05) is 35.7 Å². The highest BCUT2D eigenvalue weighted by Crippen LogP contribution is 2.23. The Bertz CT molecular complexity index is 357. The molecule has 0 aromatic heterocycles. The zero-order valence-corrected chi connectivity index (χ0v) is 11.2. The fraction of sp³-hybridized carbons (Fsp3) is 0.455. The van der Waals surface area contributed by atoms with Gasteiger partial charge in [-0.3, -0.25) is 4.90 Å². The Labute approximate surface area is 112 Å². The van der Waals surface area contributed by atoms with Gasteiger partial charge in [-0.05, 0) is 24.1 Å². The molecule has 0 saturated carbocycles. The monoisotopic (exact) mass is 280 g/mol. The predicted molar refractivity (Wildman–Crippen MR) is 71.6 cm³/mol. The van der Waals surface area contributed by atoms with Crippen molar-refractivity contribution in [1.29, 1.82) is 0 Å². The van der Waals surface area contributed by atoms with Crippen LogP contribution < -0.4 is 5.73 Å². The second kappa shape index (κ2) is 6.08. The van der Waals surface area contributed by atoms with Gasteiger partial charge in [-0.1, -0.05) is 29.3 Å². The Morgan fingerprint density at radius 3 is 2.69 bits per heavy atom. The first-order chi connectivity index (χ1) is 7.15.